The van der Waals surface area contributed by atoms with E-state index in [-0.39, 0.29) is 6.03 Å². The van der Waals surface area contributed by atoms with Crippen LogP contribution in [-0.2, 0) is 6.54 Å². The number of carbonyl (C=O) groups is 1. The quantitative estimate of drug-likeness (QED) is 0.140. The highest BCUT2D eigenvalue weighted by molar-refractivity contribution is 9.10. The molecule has 0 radical (unpaired) electrons. The second-order valence-corrected chi connectivity index (χ2v) is 10.3. The number of para-hydroxylation sites is 1. The van der Waals surface area contributed by atoms with Gasteiger partial charge in [-0.05, 0) is 83.0 Å². The Morgan fingerprint density at radius 2 is 1.58 bits per heavy atom. The maximum Gasteiger partial charge on any atom is 0.319 e. The summed E-state index contributed by atoms with van der Waals surface area (Å²) < 4.78 is 13.8. The van der Waals surface area contributed by atoms with Crippen LogP contribution in [0.2, 0.25) is 0 Å². The van der Waals surface area contributed by atoms with Crippen LogP contribution in [0.4, 0.5) is 10.5 Å². The zero-order valence-corrected chi connectivity index (χ0v) is 24.1. The van der Waals surface area contributed by atoms with Crippen LogP contribution in [0.5, 0.6) is 11.5 Å². The third-order valence-corrected chi connectivity index (χ3v) is 7.52. The topological polar surface area (TPSA) is 77.4 Å². The van der Waals surface area contributed by atoms with Crippen LogP contribution in [-0.4, -0.2) is 42.1 Å². The Kier molecular flexibility index (Phi) is 9.73. The number of nitrogens with zero attached hydrogens (tertiary/aromatic N) is 2. The molecular formula is C29H31BrN4O3S. The Labute approximate surface area is 236 Å². The molecule has 0 fully saturated rings. The highest BCUT2D eigenvalue weighted by atomic mass is 79.9. The number of aromatic nitrogens is 2. The van der Waals surface area contributed by atoms with Gasteiger partial charge in [-0.3, -0.25) is 0 Å². The second-order valence-electron chi connectivity index (χ2n) is 8.41. The van der Waals surface area contributed by atoms with Crippen molar-refractivity contribution >= 4 is 39.4 Å². The normalized spacial score (nSPS) is 10.7. The number of rotatable bonds is 11. The zero-order valence-electron chi connectivity index (χ0n) is 21.7. The Morgan fingerprint density at radius 3 is 2.18 bits per heavy atom. The number of methoxy groups -OCH3 is 2. The molecule has 3 aromatic carbocycles. The number of imidazole rings is 1. The van der Waals surface area contributed by atoms with Gasteiger partial charge in [0.15, 0.2) is 5.16 Å². The van der Waals surface area contributed by atoms with Gasteiger partial charge in [-0.1, -0.05) is 30.8 Å². The fourth-order valence-electron chi connectivity index (χ4n) is 4.00. The molecule has 38 heavy (non-hydrogen) atoms. The van der Waals surface area contributed by atoms with Crippen LogP contribution >= 0.6 is 27.7 Å². The molecule has 2 N–H and O–H groups in total. The molecule has 4 aromatic rings. The molecule has 2 amide bonds. The first kappa shape index (κ1) is 27.6. The fraction of sp³-hybridized carbons (Fsp3) is 0.241. The lowest BCUT2D eigenvalue weighted by atomic mass is 10.0. The summed E-state index contributed by atoms with van der Waals surface area (Å²) in [7, 11) is 3.33. The van der Waals surface area contributed by atoms with Crippen LogP contribution in [0, 0.1) is 0 Å². The molecule has 0 aliphatic rings. The van der Waals surface area contributed by atoms with E-state index in [1.807, 2.05) is 60.7 Å². The lowest BCUT2D eigenvalue weighted by Gasteiger charge is -2.13. The van der Waals surface area contributed by atoms with Gasteiger partial charge in [-0.15, -0.1) is 0 Å². The predicted octanol–water partition coefficient (Wildman–Crippen LogP) is 7.32. The van der Waals surface area contributed by atoms with Crippen molar-refractivity contribution in [2.75, 3.05) is 31.8 Å². The average Bonchev–Trinajstić information content (AvgIpc) is 3.30. The summed E-state index contributed by atoms with van der Waals surface area (Å²) in [4.78, 5) is 17.5. The average molecular weight is 596 g/mol. The van der Waals surface area contributed by atoms with E-state index in [0.717, 1.165) is 62.3 Å². The number of anilines is 1. The fourth-order valence-corrected chi connectivity index (χ4v) is 5.27. The van der Waals surface area contributed by atoms with Gasteiger partial charge in [0, 0.05) is 34.4 Å². The SMILES string of the molecule is CCCn1c(SCCNC(=O)Nc2ccccc2Br)nc(-c2ccc(OC)cc2)c1-c1ccc(OC)cc1. The van der Waals surface area contributed by atoms with Crippen molar-refractivity contribution in [2.45, 2.75) is 25.0 Å². The standard InChI is InChI=1S/C29H31BrN4O3S/c1-4-18-34-27(21-11-15-23(37-3)16-12-21)26(20-9-13-22(36-2)14-10-20)33-29(34)38-19-17-31-28(35)32-25-8-6-5-7-24(25)30/h5-16H,4,17-19H2,1-3H3,(H2,31,32,35). The number of amides is 2. The largest absolute Gasteiger partial charge is 0.497 e. The van der Waals surface area contributed by atoms with Crippen LogP contribution in [0.25, 0.3) is 22.5 Å². The van der Waals surface area contributed by atoms with Gasteiger partial charge in [-0.25, -0.2) is 9.78 Å². The molecule has 198 valence electrons. The summed E-state index contributed by atoms with van der Waals surface area (Å²) in [6.45, 7) is 3.48. The van der Waals surface area contributed by atoms with Gasteiger partial charge < -0.3 is 24.7 Å². The van der Waals surface area contributed by atoms with Crippen molar-refractivity contribution < 1.29 is 14.3 Å². The predicted molar refractivity (Wildman–Crippen MR) is 158 cm³/mol. The van der Waals surface area contributed by atoms with Crippen molar-refractivity contribution in [1.82, 2.24) is 14.9 Å². The minimum Gasteiger partial charge on any atom is -0.497 e. The first-order valence-electron chi connectivity index (χ1n) is 12.4. The Balaban J connectivity index is 1.56. The summed E-state index contributed by atoms with van der Waals surface area (Å²) >= 11 is 5.08. The molecule has 0 spiro atoms. The van der Waals surface area contributed by atoms with Gasteiger partial charge in [0.25, 0.3) is 0 Å². The Bertz CT molecular complexity index is 1360. The molecule has 0 saturated heterocycles. The summed E-state index contributed by atoms with van der Waals surface area (Å²) in [5.74, 6) is 2.28. The summed E-state index contributed by atoms with van der Waals surface area (Å²) in [5, 5.41) is 6.72. The van der Waals surface area contributed by atoms with Crippen molar-refractivity contribution in [3.63, 3.8) is 0 Å². The lowest BCUT2D eigenvalue weighted by molar-refractivity contribution is 0.252. The van der Waals surface area contributed by atoms with E-state index in [0.29, 0.717) is 12.3 Å². The van der Waals surface area contributed by atoms with Crippen LogP contribution < -0.4 is 20.1 Å². The zero-order chi connectivity index (χ0) is 26.9. The van der Waals surface area contributed by atoms with E-state index in [1.54, 1.807) is 26.0 Å². The first-order valence-corrected chi connectivity index (χ1v) is 14.1. The van der Waals surface area contributed by atoms with Crippen molar-refractivity contribution in [3.8, 4) is 34.0 Å². The Hall–Kier alpha value is -3.43. The first-order chi connectivity index (χ1) is 18.5. The van der Waals surface area contributed by atoms with E-state index < -0.39 is 0 Å². The minimum atomic E-state index is -0.243. The number of urea groups is 1. The number of carbonyl (C=O) groups excluding carboxylic acids is 1. The number of ether oxygens (including phenoxy) is 2. The van der Waals surface area contributed by atoms with E-state index >= 15 is 0 Å². The molecule has 0 aliphatic carbocycles. The third-order valence-electron chi connectivity index (χ3n) is 5.85. The number of hydrogen-bond acceptors (Lipinski definition) is 5. The molecule has 0 aliphatic heterocycles. The summed E-state index contributed by atoms with van der Waals surface area (Å²) in [6, 6.07) is 23.3. The van der Waals surface area contributed by atoms with Crippen molar-refractivity contribution in [1.29, 1.82) is 0 Å². The van der Waals surface area contributed by atoms with E-state index in [2.05, 4.69) is 50.2 Å². The molecule has 1 heterocycles. The number of nitrogens with one attached hydrogen (secondary N) is 2. The third kappa shape index (κ3) is 6.71. The number of hydrogen-bond donors (Lipinski definition) is 2. The highest BCUT2D eigenvalue weighted by Gasteiger charge is 2.20. The number of thioether (sulfide) groups is 1. The molecule has 1 aromatic heterocycles. The lowest BCUT2D eigenvalue weighted by Crippen LogP contribution is -2.30. The molecule has 7 nitrogen and oxygen atoms in total. The molecule has 0 atom stereocenters. The maximum absolute atomic E-state index is 12.4. The van der Waals surface area contributed by atoms with Crippen molar-refractivity contribution in [2.24, 2.45) is 0 Å². The van der Waals surface area contributed by atoms with Crippen LogP contribution in [0.15, 0.2) is 82.4 Å². The highest BCUT2D eigenvalue weighted by Crippen LogP contribution is 2.37. The molecule has 4 rings (SSSR count). The van der Waals surface area contributed by atoms with E-state index in [9.17, 15) is 4.79 Å². The Morgan fingerprint density at radius 1 is 0.947 bits per heavy atom. The monoisotopic (exact) mass is 594 g/mol. The minimum absolute atomic E-state index is 0.243. The van der Waals surface area contributed by atoms with Gasteiger partial charge in [0.2, 0.25) is 0 Å². The van der Waals surface area contributed by atoms with Crippen LogP contribution in [0.3, 0.4) is 0 Å². The van der Waals surface area contributed by atoms with Gasteiger partial charge >= 0.3 is 6.03 Å². The van der Waals surface area contributed by atoms with Gasteiger partial charge in [-0.2, -0.15) is 0 Å². The van der Waals surface area contributed by atoms with Crippen molar-refractivity contribution in [3.05, 3.63) is 77.3 Å². The summed E-state index contributed by atoms with van der Waals surface area (Å²) in [5.41, 5.74) is 4.77. The van der Waals surface area contributed by atoms with Gasteiger partial charge in [0.1, 0.15) is 11.5 Å². The number of halogens is 1. The van der Waals surface area contributed by atoms with E-state index in [1.165, 1.54) is 0 Å². The number of benzene rings is 3. The molecule has 0 saturated carbocycles. The molecule has 0 bridgehead atoms. The van der Waals surface area contributed by atoms with E-state index in [4.69, 9.17) is 14.5 Å². The maximum atomic E-state index is 12.4. The second kappa shape index (κ2) is 13.4. The smallest absolute Gasteiger partial charge is 0.319 e. The molecule has 0 unspecified atom stereocenters. The molecule has 9 heteroatoms. The summed E-state index contributed by atoms with van der Waals surface area (Å²) in [6.07, 6.45) is 0.960. The molecular weight excluding hydrogens is 564 g/mol. The van der Waals surface area contributed by atoms with Gasteiger partial charge in [0.05, 0.1) is 31.3 Å². The van der Waals surface area contributed by atoms with Crippen LogP contribution in [0.1, 0.15) is 13.3 Å².